The molecule has 1 aliphatic rings. The summed E-state index contributed by atoms with van der Waals surface area (Å²) in [6.07, 6.45) is 2.61. The molecule has 1 aromatic carbocycles. The molecule has 1 atom stereocenters. The van der Waals surface area contributed by atoms with E-state index < -0.39 is 0 Å². The second-order valence-electron chi connectivity index (χ2n) is 6.14. The van der Waals surface area contributed by atoms with Gasteiger partial charge in [-0.2, -0.15) is 0 Å². The van der Waals surface area contributed by atoms with Gasteiger partial charge in [0, 0.05) is 13.1 Å². The third-order valence-electron chi connectivity index (χ3n) is 4.62. The van der Waals surface area contributed by atoms with Crippen LogP contribution in [0.15, 0.2) is 35.5 Å². The first-order valence-corrected chi connectivity index (χ1v) is 7.32. The second-order valence-corrected chi connectivity index (χ2v) is 6.14. The Balaban J connectivity index is 1.96. The molecule has 1 unspecified atom stereocenters. The van der Waals surface area contributed by atoms with Crippen LogP contribution in [0, 0.1) is 11.3 Å². The molecule has 1 aromatic rings. The first kappa shape index (κ1) is 14.9. The number of benzene rings is 1. The van der Waals surface area contributed by atoms with Crippen molar-refractivity contribution in [2.24, 2.45) is 22.2 Å². The maximum absolute atomic E-state index is 8.96. The van der Waals surface area contributed by atoms with Crippen molar-refractivity contribution in [3.8, 4) is 0 Å². The highest BCUT2D eigenvalue weighted by molar-refractivity contribution is 5.87. The first-order chi connectivity index (χ1) is 9.59. The Hall–Kier alpha value is -1.55. The molecular formula is C16H25N3O. The van der Waals surface area contributed by atoms with E-state index in [1.807, 2.05) is 30.3 Å². The molecule has 20 heavy (non-hydrogen) atoms. The van der Waals surface area contributed by atoms with E-state index in [4.69, 9.17) is 10.9 Å². The average molecular weight is 275 g/mol. The number of nitrogens with zero attached hydrogens (tertiary/aromatic N) is 1. The van der Waals surface area contributed by atoms with Crippen LogP contribution < -0.4 is 11.1 Å². The average Bonchev–Trinajstić information content (AvgIpc) is 3.25. The SMILES string of the molecule is CC(C)C1(CNCC(/C(N)=N/O)c2ccccc2)CC1. The lowest BCUT2D eigenvalue weighted by molar-refractivity contribution is 0.314. The zero-order chi connectivity index (χ0) is 14.6. The van der Waals surface area contributed by atoms with Gasteiger partial charge < -0.3 is 16.3 Å². The van der Waals surface area contributed by atoms with Crippen LogP contribution in [0.2, 0.25) is 0 Å². The van der Waals surface area contributed by atoms with Gasteiger partial charge in [0.25, 0.3) is 0 Å². The predicted molar refractivity (Wildman–Crippen MR) is 82.0 cm³/mol. The van der Waals surface area contributed by atoms with Crippen molar-refractivity contribution in [3.05, 3.63) is 35.9 Å². The number of rotatable bonds is 7. The molecule has 1 aliphatic carbocycles. The van der Waals surface area contributed by atoms with Crippen LogP contribution in [-0.4, -0.2) is 24.1 Å². The molecule has 0 heterocycles. The number of nitrogens with two attached hydrogens (primary N) is 1. The van der Waals surface area contributed by atoms with Gasteiger partial charge in [0.2, 0.25) is 0 Å². The molecule has 1 fully saturated rings. The van der Waals surface area contributed by atoms with Gasteiger partial charge in [0.05, 0.1) is 5.92 Å². The van der Waals surface area contributed by atoms with Crippen LogP contribution in [-0.2, 0) is 0 Å². The van der Waals surface area contributed by atoms with Crippen LogP contribution >= 0.6 is 0 Å². The van der Waals surface area contributed by atoms with Gasteiger partial charge in [-0.25, -0.2) is 0 Å². The van der Waals surface area contributed by atoms with E-state index in [1.165, 1.54) is 12.8 Å². The normalized spacial score (nSPS) is 19.1. The second kappa shape index (κ2) is 6.27. The van der Waals surface area contributed by atoms with Crippen LogP contribution in [0.4, 0.5) is 0 Å². The third kappa shape index (κ3) is 3.31. The molecule has 4 N–H and O–H groups in total. The minimum absolute atomic E-state index is 0.0795. The number of amidine groups is 1. The molecule has 4 nitrogen and oxygen atoms in total. The zero-order valence-corrected chi connectivity index (χ0v) is 12.3. The van der Waals surface area contributed by atoms with Crippen molar-refractivity contribution in [3.63, 3.8) is 0 Å². The molecule has 0 aliphatic heterocycles. The predicted octanol–water partition coefficient (Wildman–Crippen LogP) is 2.54. The minimum atomic E-state index is -0.0795. The van der Waals surface area contributed by atoms with Gasteiger partial charge in [-0.15, -0.1) is 0 Å². The van der Waals surface area contributed by atoms with Crippen LogP contribution in [0.25, 0.3) is 0 Å². The molecule has 1 saturated carbocycles. The quantitative estimate of drug-likeness (QED) is 0.310. The van der Waals surface area contributed by atoms with E-state index in [2.05, 4.69) is 24.3 Å². The van der Waals surface area contributed by atoms with Crippen LogP contribution in [0.5, 0.6) is 0 Å². The monoisotopic (exact) mass is 275 g/mol. The standard InChI is InChI=1S/C16H25N3O/c1-12(2)16(8-9-16)11-18-10-14(15(17)19-20)13-6-4-3-5-7-13/h3-7,12,14,18,20H,8-11H2,1-2H3,(H2,17,19). The Bertz CT molecular complexity index is 452. The number of oxime groups is 1. The highest BCUT2D eigenvalue weighted by atomic mass is 16.4. The lowest BCUT2D eigenvalue weighted by Gasteiger charge is -2.22. The number of hydrogen-bond donors (Lipinski definition) is 3. The van der Waals surface area contributed by atoms with E-state index in [9.17, 15) is 0 Å². The molecule has 0 radical (unpaired) electrons. The van der Waals surface area contributed by atoms with Crippen molar-refractivity contribution in [1.82, 2.24) is 5.32 Å². The molecular weight excluding hydrogens is 250 g/mol. The lowest BCUT2D eigenvalue weighted by Crippen LogP contribution is -2.35. The fraction of sp³-hybridized carbons (Fsp3) is 0.562. The molecule has 4 heteroatoms. The summed E-state index contributed by atoms with van der Waals surface area (Å²) in [4.78, 5) is 0. The Labute approximate surface area is 121 Å². The van der Waals surface area contributed by atoms with Gasteiger partial charge >= 0.3 is 0 Å². The summed E-state index contributed by atoms with van der Waals surface area (Å²) in [5.41, 5.74) is 7.37. The van der Waals surface area contributed by atoms with Crippen molar-refractivity contribution < 1.29 is 5.21 Å². The Morgan fingerprint density at radius 3 is 2.50 bits per heavy atom. The summed E-state index contributed by atoms with van der Waals surface area (Å²) in [5.74, 6) is 0.885. The lowest BCUT2D eigenvalue weighted by atomic mass is 9.92. The van der Waals surface area contributed by atoms with Crippen molar-refractivity contribution >= 4 is 5.84 Å². The highest BCUT2D eigenvalue weighted by Gasteiger charge is 2.44. The van der Waals surface area contributed by atoms with Gasteiger partial charge in [-0.05, 0) is 29.7 Å². The van der Waals surface area contributed by atoms with Crippen molar-refractivity contribution in [2.45, 2.75) is 32.6 Å². The van der Waals surface area contributed by atoms with E-state index in [0.717, 1.165) is 12.1 Å². The summed E-state index contributed by atoms with van der Waals surface area (Å²) in [6, 6.07) is 9.95. The summed E-state index contributed by atoms with van der Waals surface area (Å²) in [7, 11) is 0. The number of hydrogen-bond acceptors (Lipinski definition) is 3. The molecule has 0 aromatic heterocycles. The minimum Gasteiger partial charge on any atom is -0.409 e. The third-order valence-corrected chi connectivity index (χ3v) is 4.62. The molecule has 0 saturated heterocycles. The van der Waals surface area contributed by atoms with Gasteiger partial charge in [-0.3, -0.25) is 0 Å². The van der Waals surface area contributed by atoms with Crippen molar-refractivity contribution in [2.75, 3.05) is 13.1 Å². The fourth-order valence-electron chi connectivity index (χ4n) is 2.73. The maximum atomic E-state index is 8.96. The topological polar surface area (TPSA) is 70.6 Å². The molecule has 2 rings (SSSR count). The smallest absolute Gasteiger partial charge is 0.147 e. The zero-order valence-electron chi connectivity index (χ0n) is 12.3. The Kier molecular flexibility index (Phi) is 4.65. The summed E-state index contributed by atoms with van der Waals surface area (Å²) in [6.45, 7) is 6.28. The van der Waals surface area contributed by atoms with Gasteiger partial charge in [0.1, 0.15) is 5.84 Å². The molecule has 0 amide bonds. The fourth-order valence-corrected chi connectivity index (χ4v) is 2.73. The van der Waals surface area contributed by atoms with Gasteiger partial charge in [0.15, 0.2) is 0 Å². The number of nitrogens with one attached hydrogen (secondary N) is 1. The largest absolute Gasteiger partial charge is 0.409 e. The van der Waals surface area contributed by atoms with Crippen molar-refractivity contribution in [1.29, 1.82) is 0 Å². The molecule has 0 bridgehead atoms. The van der Waals surface area contributed by atoms with Crippen LogP contribution in [0.3, 0.4) is 0 Å². The summed E-state index contributed by atoms with van der Waals surface area (Å²) < 4.78 is 0. The van der Waals surface area contributed by atoms with Crippen LogP contribution in [0.1, 0.15) is 38.2 Å². The van der Waals surface area contributed by atoms with Gasteiger partial charge in [-0.1, -0.05) is 49.3 Å². The maximum Gasteiger partial charge on any atom is 0.147 e. The summed E-state index contributed by atoms with van der Waals surface area (Å²) in [5, 5.41) is 15.7. The first-order valence-electron chi connectivity index (χ1n) is 7.32. The van der Waals surface area contributed by atoms with E-state index in [-0.39, 0.29) is 11.8 Å². The Morgan fingerprint density at radius 2 is 2.00 bits per heavy atom. The summed E-state index contributed by atoms with van der Waals surface area (Å²) >= 11 is 0. The van der Waals surface area contributed by atoms with E-state index in [0.29, 0.717) is 17.9 Å². The van der Waals surface area contributed by atoms with E-state index in [1.54, 1.807) is 0 Å². The highest BCUT2D eigenvalue weighted by Crippen LogP contribution is 2.51. The molecule has 0 spiro atoms. The molecule has 110 valence electrons. The Morgan fingerprint density at radius 1 is 1.35 bits per heavy atom. The van der Waals surface area contributed by atoms with E-state index >= 15 is 0 Å².